The summed E-state index contributed by atoms with van der Waals surface area (Å²) in [7, 11) is 1.88. The number of rotatable bonds is 4. The second kappa shape index (κ2) is 5.10. The molecule has 0 saturated carbocycles. The molecule has 0 aliphatic rings. The Kier molecular flexibility index (Phi) is 4.05. The van der Waals surface area contributed by atoms with Crippen molar-refractivity contribution in [2.45, 2.75) is 33.2 Å². The van der Waals surface area contributed by atoms with E-state index >= 15 is 0 Å². The van der Waals surface area contributed by atoms with Crippen molar-refractivity contribution < 1.29 is 9.18 Å². The van der Waals surface area contributed by atoms with Gasteiger partial charge in [0.15, 0.2) is 5.78 Å². The first-order valence-corrected chi connectivity index (χ1v) is 5.51. The molecule has 0 radical (unpaired) electrons. The van der Waals surface area contributed by atoms with Crippen LogP contribution in [0.15, 0.2) is 18.2 Å². The number of benzene rings is 1. The second-order valence-electron chi connectivity index (χ2n) is 4.06. The quantitative estimate of drug-likeness (QED) is 0.730. The number of nitrogens with zero attached hydrogens (tertiary/aromatic N) is 1. The highest BCUT2D eigenvalue weighted by atomic mass is 19.1. The van der Waals surface area contributed by atoms with E-state index in [9.17, 15) is 9.18 Å². The molecule has 0 amide bonds. The molecule has 3 heteroatoms. The topological polar surface area (TPSA) is 20.3 Å². The highest BCUT2D eigenvalue weighted by Crippen LogP contribution is 2.24. The van der Waals surface area contributed by atoms with Crippen molar-refractivity contribution in [3.63, 3.8) is 0 Å². The fourth-order valence-corrected chi connectivity index (χ4v) is 1.67. The SMILES string of the molecule is CCC(C)N(C)c1cccc(F)c1C(C)=O. The van der Waals surface area contributed by atoms with Gasteiger partial charge in [-0.2, -0.15) is 0 Å². The summed E-state index contributed by atoms with van der Waals surface area (Å²) in [5, 5.41) is 0. The maximum absolute atomic E-state index is 13.6. The van der Waals surface area contributed by atoms with Crippen LogP contribution in [-0.4, -0.2) is 18.9 Å². The molecule has 1 atom stereocenters. The highest BCUT2D eigenvalue weighted by Gasteiger charge is 2.17. The normalized spacial score (nSPS) is 12.3. The van der Waals surface area contributed by atoms with Crippen molar-refractivity contribution in [1.29, 1.82) is 0 Å². The van der Waals surface area contributed by atoms with Gasteiger partial charge in [0.25, 0.3) is 0 Å². The molecule has 1 unspecified atom stereocenters. The number of hydrogen-bond acceptors (Lipinski definition) is 2. The molecular formula is C13H18FNO. The highest BCUT2D eigenvalue weighted by molar-refractivity contribution is 6.00. The Morgan fingerprint density at radius 2 is 2.12 bits per heavy atom. The van der Waals surface area contributed by atoms with Crippen LogP contribution in [0.4, 0.5) is 10.1 Å². The van der Waals surface area contributed by atoms with Gasteiger partial charge in [-0.3, -0.25) is 4.79 Å². The monoisotopic (exact) mass is 223 g/mol. The average Bonchev–Trinajstić information content (AvgIpc) is 2.26. The summed E-state index contributed by atoms with van der Waals surface area (Å²) in [5.74, 6) is -0.677. The molecule has 0 N–H and O–H groups in total. The van der Waals surface area contributed by atoms with E-state index in [1.807, 2.05) is 11.9 Å². The van der Waals surface area contributed by atoms with Crippen molar-refractivity contribution in [2.75, 3.05) is 11.9 Å². The van der Waals surface area contributed by atoms with E-state index in [2.05, 4.69) is 13.8 Å². The first-order chi connectivity index (χ1) is 7.49. The summed E-state index contributed by atoms with van der Waals surface area (Å²) in [4.78, 5) is 13.4. The number of carbonyl (C=O) groups excluding carboxylic acids is 1. The van der Waals surface area contributed by atoms with E-state index < -0.39 is 5.82 Å². The molecule has 0 fully saturated rings. The maximum Gasteiger partial charge on any atom is 0.164 e. The standard InChI is InChI=1S/C13H18FNO/c1-5-9(2)15(4)12-8-6-7-11(14)13(12)10(3)16/h6-9H,5H2,1-4H3. The van der Waals surface area contributed by atoms with Gasteiger partial charge in [0.05, 0.1) is 11.3 Å². The number of anilines is 1. The minimum absolute atomic E-state index is 0.185. The summed E-state index contributed by atoms with van der Waals surface area (Å²) >= 11 is 0. The first-order valence-electron chi connectivity index (χ1n) is 5.51. The Balaban J connectivity index is 3.22. The molecule has 1 rings (SSSR count). The van der Waals surface area contributed by atoms with E-state index in [1.54, 1.807) is 12.1 Å². The summed E-state index contributed by atoms with van der Waals surface area (Å²) < 4.78 is 13.6. The number of carbonyl (C=O) groups is 1. The summed E-state index contributed by atoms with van der Waals surface area (Å²) in [6.45, 7) is 5.51. The molecule has 0 aliphatic carbocycles. The molecule has 0 saturated heterocycles. The Labute approximate surface area is 96.1 Å². The molecule has 0 aliphatic heterocycles. The Hall–Kier alpha value is -1.38. The first kappa shape index (κ1) is 12.7. The Morgan fingerprint density at radius 1 is 1.50 bits per heavy atom. The number of hydrogen-bond donors (Lipinski definition) is 0. The minimum Gasteiger partial charge on any atom is -0.371 e. The summed E-state index contributed by atoms with van der Waals surface area (Å²) in [6.07, 6.45) is 0.949. The van der Waals surface area contributed by atoms with Crippen molar-refractivity contribution in [3.8, 4) is 0 Å². The molecule has 0 heterocycles. The van der Waals surface area contributed by atoms with Gasteiger partial charge in [0.1, 0.15) is 5.82 Å². The van der Waals surface area contributed by atoms with Gasteiger partial charge in [0.2, 0.25) is 0 Å². The molecule has 16 heavy (non-hydrogen) atoms. The van der Waals surface area contributed by atoms with Crippen LogP contribution in [0.5, 0.6) is 0 Å². The zero-order chi connectivity index (χ0) is 12.3. The third-order valence-electron chi connectivity index (χ3n) is 2.98. The van der Waals surface area contributed by atoms with E-state index in [0.29, 0.717) is 5.69 Å². The number of halogens is 1. The number of ketones is 1. The molecule has 0 aromatic heterocycles. The molecule has 0 bridgehead atoms. The van der Waals surface area contributed by atoms with Gasteiger partial charge in [-0.05, 0) is 32.4 Å². The van der Waals surface area contributed by atoms with Crippen molar-refractivity contribution in [1.82, 2.24) is 0 Å². The van der Waals surface area contributed by atoms with Crippen LogP contribution in [0.2, 0.25) is 0 Å². The predicted molar refractivity (Wildman–Crippen MR) is 64.6 cm³/mol. The van der Waals surface area contributed by atoms with E-state index in [-0.39, 0.29) is 17.4 Å². The van der Waals surface area contributed by atoms with Crippen molar-refractivity contribution in [2.24, 2.45) is 0 Å². The third kappa shape index (κ3) is 2.40. The Morgan fingerprint density at radius 3 is 2.62 bits per heavy atom. The van der Waals surface area contributed by atoms with Crippen LogP contribution in [0.1, 0.15) is 37.6 Å². The van der Waals surface area contributed by atoms with Crippen LogP contribution in [0, 0.1) is 5.82 Å². The Bertz CT molecular complexity index is 390. The molecule has 0 spiro atoms. The van der Waals surface area contributed by atoms with Crippen molar-refractivity contribution >= 4 is 11.5 Å². The van der Waals surface area contributed by atoms with Crippen LogP contribution in [-0.2, 0) is 0 Å². The summed E-state index contributed by atoms with van der Waals surface area (Å²) in [6, 6.07) is 5.02. The zero-order valence-corrected chi connectivity index (χ0v) is 10.2. The van der Waals surface area contributed by atoms with Gasteiger partial charge in [-0.1, -0.05) is 13.0 Å². The average molecular weight is 223 g/mol. The van der Waals surface area contributed by atoms with Crippen LogP contribution >= 0.6 is 0 Å². The molecular weight excluding hydrogens is 205 g/mol. The maximum atomic E-state index is 13.6. The fourth-order valence-electron chi connectivity index (χ4n) is 1.67. The van der Waals surface area contributed by atoms with Crippen LogP contribution < -0.4 is 4.90 Å². The van der Waals surface area contributed by atoms with Gasteiger partial charge >= 0.3 is 0 Å². The lowest BCUT2D eigenvalue weighted by Gasteiger charge is -2.27. The second-order valence-corrected chi connectivity index (χ2v) is 4.06. The van der Waals surface area contributed by atoms with Crippen LogP contribution in [0.3, 0.4) is 0 Å². The number of Topliss-reactive ketones (excluding diaryl/α,β-unsaturated/α-hetero) is 1. The predicted octanol–water partition coefficient (Wildman–Crippen LogP) is 3.26. The lowest BCUT2D eigenvalue weighted by atomic mass is 10.1. The fraction of sp³-hybridized carbons (Fsp3) is 0.462. The van der Waals surface area contributed by atoms with Gasteiger partial charge in [-0.15, -0.1) is 0 Å². The lowest BCUT2D eigenvalue weighted by Crippen LogP contribution is -2.29. The largest absolute Gasteiger partial charge is 0.371 e. The third-order valence-corrected chi connectivity index (χ3v) is 2.98. The molecule has 2 nitrogen and oxygen atoms in total. The minimum atomic E-state index is -0.444. The summed E-state index contributed by atoms with van der Waals surface area (Å²) in [5.41, 5.74) is 0.854. The molecule has 1 aromatic carbocycles. The van der Waals surface area contributed by atoms with Gasteiger partial charge < -0.3 is 4.90 Å². The smallest absolute Gasteiger partial charge is 0.164 e. The lowest BCUT2D eigenvalue weighted by molar-refractivity contribution is 0.101. The van der Waals surface area contributed by atoms with Gasteiger partial charge in [0, 0.05) is 13.1 Å². The molecule has 88 valence electrons. The van der Waals surface area contributed by atoms with Crippen LogP contribution in [0.25, 0.3) is 0 Å². The van der Waals surface area contributed by atoms with E-state index in [0.717, 1.165) is 6.42 Å². The zero-order valence-electron chi connectivity index (χ0n) is 10.2. The molecule has 1 aromatic rings. The van der Waals surface area contributed by atoms with E-state index in [4.69, 9.17) is 0 Å². The van der Waals surface area contributed by atoms with Crippen molar-refractivity contribution in [3.05, 3.63) is 29.6 Å². The van der Waals surface area contributed by atoms with E-state index in [1.165, 1.54) is 13.0 Å². The van der Waals surface area contributed by atoms with Gasteiger partial charge in [-0.25, -0.2) is 4.39 Å².